The van der Waals surface area contributed by atoms with Gasteiger partial charge in [-0.2, -0.15) is 0 Å². The quantitative estimate of drug-likeness (QED) is 0.912. The standard InChI is InChI=1S/C13H17N3S2/c1-3-11(14)8-10-6-4-5-7-12(10)18-13-16-15-9(2)17-13/h4-7,11H,3,8,14H2,1-2H3. The molecular formula is C13H17N3S2. The Labute approximate surface area is 116 Å². The van der Waals surface area contributed by atoms with Crippen LogP contribution in [0.3, 0.4) is 0 Å². The summed E-state index contributed by atoms with van der Waals surface area (Å²) in [5, 5.41) is 9.19. The Morgan fingerprint density at radius 1 is 1.33 bits per heavy atom. The molecule has 2 N–H and O–H groups in total. The molecule has 0 amide bonds. The van der Waals surface area contributed by atoms with E-state index in [0.717, 1.165) is 22.2 Å². The van der Waals surface area contributed by atoms with Gasteiger partial charge in [-0.15, -0.1) is 10.2 Å². The Kier molecular flexibility index (Phi) is 4.74. The molecule has 0 saturated heterocycles. The zero-order chi connectivity index (χ0) is 13.0. The number of aromatic nitrogens is 2. The lowest BCUT2D eigenvalue weighted by Gasteiger charge is -2.11. The van der Waals surface area contributed by atoms with Gasteiger partial charge in [0.2, 0.25) is 0 Å². The summed E-state index contributed by atoms with van der Waals surface area (Å²) in [7, 11) is 0. The van der Waals surface area contributed by atoms with E-state index >= 15 is 0 Å². The monoisotopic (exact) mass is 279 g/mol. The maximum atomic E-state index is 6.04. The minimum atomic E-state index is 0.225. The third-order valence-corrected chi connectivity index (χ3v) is 4.69. The molecule has 0 radical (unpaired) electrons. The van der Waals surface area contributed by atoms with Gasteiger partial charge in [-0.1, -0.05) is 48.2 Å². The Balaban J connectivity index is 2.16. The van der Waals surface area contributed by atoms with Gasteiger partial charge in [-0.25, -0.2) is 0 Å². The van der Waals surface area contributed by atoms with Crippen LogP contribution in [0.25, 0.3) is 0 Å². The third-order valence-electron chi connectivity index (χ3n) is 2.68. The molecule has 96 valence electrons. The average Bonchev–Trinajstić information content (AvgIpc) is 2.77. The highest BCUT2D eigenvalue weighted by Crippen LogP contribution is 2.32. The summed E-state index contributed by atoms with van der Waals surface area (Å²) in [5.74, 6) is 0. The average molecular weight is 279 g/mol. The molecule has 0 aliphatic carbocycles. The summed E-state index contributed by atoms with van der Waals surface area (Å²) in [5.41, 5.74) is 7.33. The van der Waals surface area contributed by atoms with Crippen molar-refractivity contribution in [2.75, 3.05) is 0 Å². The van der Waals surface area contributed by atoms with Gasteiger partial charge in [0.15, 0.2) is 4.34 Å². The maximum absolute atomic E-state index is 6.04. The predicted molar refractivity (Wildman–Crippen MR) is 77.2 cm³/mol. The fourth-order valence-electron chi connectivity index (χ4n) is 1.61. The second kappa shape index (κ2) is 6.31. The molecule has 2 rings (SSSR count). The Morgan fingerprint density at radius 3 is 2.78 bits per heavy atom. The van der Waals surface area contributed by atoms with Gasteiger partial charge < -0.3 is 5.73 Å². The number of aryl methyl sites for hydroxylation is 1. The largest absolute Gasteiger partial charge is 0.327 e. The predicted octanol–water partition coefficient (Wildman–Crippen LogP) is 3.28. The first-order valence-electron chi connectivity index (χ1n) is 6.00. The number of hydrogen-bond donors (Lipinski definition) is 1. The second-order valence-corrected chi connectivity index (χ2v) is 6.64. The molecule has 0 aliphatic rings. The van der Waals surface area contributed by atoms with Crippen molar-refractivity contribution in [3.8, 4) is 0 Å². The summed E-state index contributed by atoms with van der Waals surface area (Å²) in [6.07, 6.45) is 1.91. The minimum Gasteiger partial charge on any atom is -0.327 e. The van der Waals surface area contributed by atoms with Crippen LogP contribution < -0.4 is 5.73 Å². The Hall–Kier alpha value is -0.910. The van der Waals surface area contributed by atoms with E-state index in [1.165, 1.54) is 10.5 Å². The summed E-state index contributed by atoms with van der Waals surface area (Å²) < 4.78 is 0.991. The smallest absolute Gasteiger partial charge is 0.179 e. The molecule has 1 aromatic carbocycles. The minimum absolute atomic E-state index is 0.225. The van der Waals surface area contributed by atoms with Gasteiger partial charge in [-0.3, -0.25) is 0 Å². The summed E-state index contributed by atoms with van der Waals surface area (Å²) >= 11 is 3.30. The SMILES string of the molecule is CCC(N)Cc1ccccc1Sc1nnc(C)s1. The molecule has 1 heterocycles. The van der Waals surface area contributed by atoms with E-state index in [1.807, 2.05) is 6.92 Å². The lowest BCUT2D eigenvalue weighted by Crippen LogP contribution is -2.21. The molecule has 1 atom stereocenters. The van der Waals surface area contributed by atoms with E-state index in [1.54, 1.807) is 23.1 Å². The van der Waals surface area contributed by atoms with Crippen molar-refractivity contribution >= 4 is 23.1 Å². The van der Waals surface area contributed by atoms with Crippen molar-refractivity contribution in [2.24, 2.45) is 5.73 Å². The normalized spacial score (nSPS) is 12.6. The fourth-order valence-corrected chi connectivity index (χ4v) is 3.53. The van der Waals surface area contributed by atoms with Gasteiger partial charge in [-0.05, 0) is 31.4 Å². The van der Waals surface area contributed by atoms with Crippen LogP contribution in [0.4, 0.5) is 0 Å². The second-order valence-electron chi connectivity index (χ2n) is 4.17. The number of rotatable bonds is 5. The maximum Gasteiger partial charge on any atom is 0.179 e. The van der Waals surface area contributed by atoms with Crippen molar-refractivity contribution in [1.82, 2.24) is 10.2 Å². The zero-order valence-electron chi connectivity index (χ0n) is 10.6. The molecule has 1 unspecified atom stereocenters. The van der Waals surface area contributed by atoms with Gasteiger partial charge in [0.1, 0.15) is 5.01 Å². The first kappa shape index (κ1) is 13.5. The zero-order valence-corrected chi connectivity index (χ0v) is 12.2. The molecule has 5 heteroatoms. The van der Waals surface area contributed by atoms with Crippen molar-refractivity contribution in [2.45, 2.75) is 42.0 Å². The molecule has 0 fully saturated rings. The van der Waals surface area contributed by atoms with Gasteiger partial charge >= 0.3 is 0 Å². The molecule has 1 aromatic heterocycles. The van der Waals surface area contributed by atoms with Crippen molar-refractivity contribution in [3.63, 3.8) is 0 Å². The topological polar surface area (TPSA) is 51.8 Å². The van der Waals surface area contributed by atoms with Gasteiger partial charge in [0.25, 0.3) is 0 Å². The molecule has 2 aromatic rings. The van der Waals surface area contributed by atoms with Gasteiger partial charge in [0, 0.05) is 10.9 Å². The van der Waals surface area contributed by atoms with Gasteiger partial charge in [0.05, 0.1) is 0 Å². The van der Waals surface area contributed by atoms with Crippen LogP contribution in [-0.2, 0) is 6.42 Å². The first-order chi connectivity index (χ1) is 8.69. The van der Waals surface area contributed by atoms with Crippen LogP contribution in [0.2, 0.25) is 0 Å². The lowest BCUT2D eigenvalue weighted by molar-refractivity contribution is 0.641. The number of nitrogens with zero attached hydrogens (tertiary/aromatic N) is 2. The van der Waals surface area contributed by atoms with E-state index in [4.69, 9.17) is 5.73 Å². The Bertz CT molecular complexity index is 510. The first-order valence-corrected chi connectivity index (χ1v) is 7.63. The molecular weight excluding hydrogens is 262 g/mol. The van der Waals surface area contributed by atoms with Crippen LogP contribution in [0.1, 0.15) is 23.9 Å². The van der Waals surface area contributed by atoms with E-state index < -0.39 is 0 Å². The summed E-state index contributed by atoms with van der Waals surface area (Å²) in [6.45, 7) is 4.09. The highest BCUT2D eigenvalue weighted by Gasteiger charge is 2.09. The highest BCUT2D eigenvalue weighted by atomic mass is 32.2. The highest BCUT2D eigenvalue weighted by molar-refractivity contribution is 8.01. The number of hydrogen-bond acceptors (Lipinski definition) is 5. The summed E-state index contributed by atoms with van der Waals surface area (Å²) in [6, 6.07) is 8.61. The van der Waals surface area contributed by atoms with Crippen LogP contribution in [0, 0.1) is 6.92 Å². The Morgan fingerprint density at radius 2 is 2.11 bits per heavy atom. The van der Waals surface area contributed by atoms with E-state index in [9.17, 15) is 0 Å². The van der Waals surface area contributed by atoms with Crippen molar-refractivity contribution < 1.29 is 0 Å². The lowest BCUT2D eigenvalue weighted by atomic mass is 10.1. The molecule has 3 nitrogen and oxygen atoms in total. The van der Waals surface area contributed by atoms with E-state index in [2.05, 4.69) is 41.4 Å². The molecule has 0 spiro atoms. The third kappa shape index (κ3) is 3.54. The van der Waals surface area contributed by atoms with E-state index in [-0.39, 0.29) is 6.04 Å². The molecule has 18 heavy (non-hydrogen) atoms. The van der Waals surface area contributed by atoms with Crippen LogP contribution in [-0.4, -0.2) is 16.2 Å². The summed E-state index contributed by atoms with van der Waals surface area (Å²) in [4.78, 5) is 1.23. The number of nitrogens with two attached hydrogens (primary N) is 1. The van der Waals surface area contributed by atoms with Crippen molar-refractivity contribution in [1.29, 1.82) is 0 Å². The van der Waals surface area contributed by atoms with Crippen molar-refractivity contribution in [3.05, 3.63) is 34.8 Å². The molecule has 0 saturated carbocycles. The fraction of sp³-hybridized carbons (Fsp3) is 0.385. The van der Waals surface area contributed by atoms with Crippen LogP contribution in [0.15, 0.2) is 33.5 Å². The molecule has 0 aliphatic heterocycles. The number of benzene rings is 1. The van der Waals surface area contributed by atoms with E-state index in [0.29, 0.717) is 0 Å². The van der Waals surface area contributed by atoms with Crippen LogP contribution in [0.5, 0.6) is 0 Å². The van der Waals surface area contributed by atoms with Crippen LogP contribution >= 0.6 is 23.1 Å². The molecule has 0 bridgehead atoms.